The SMILES string of the molecule is O=S1c2c3cccc2Sc2cccc(c21)Sc1cccc2c1Sc1c(cccc1S3)S2. The van der Waals surface area contributed by atoms with Crippen molar-refractivity contribution in [3.05, 3.63) is 72.8 Å². The van der Waals surface area contributed by atoms with Gasteiger partial charge in [-0.25, -0.2) is 4.21 Å². The van der Waals surface area contributed by atoms with E-state index >= 15 is 0 Å². The van der Waals surface area contributed by atoms with Crippen LogP contribution in [0, 0.1) is 0 Å². The smallest absolute Gasteiger partial charge is 0.0895 e. The van der Waals surface area contributed by atoms with Crippen molar-refractivity contribution < 1.29 is 4.21 Å². The molecule has 4 bridgehead atoms. The molecule has 0 radical (unpaired) electrons. The van der Waals surface area contributed by atoms with Crippen molar-refractivity contribution in [1.82, 2.24) is 0 Å². The predicted molar refractivity (Wildman–Crippen MR) is 131 cm³/mol. The Hall–Kier alpha value is -1.22. The monoisotopic (exact) mass is 508 g/mol. The normalized spacial score (nSPS) is 15.7. The average Bonchev–Trinajstić information content (AvgIpc) is 2.78. The highest BCUT2D eigenvalue weighted by atomic mass is 32.2. The van der Waals surface area contributed by atoms with Gasteiger partial charge in [0.1, 0.15) is 0 Å². The van der Waals surface area contributed by atoms with Crippen molar-refractivity contribution in [2.45, 2.75) is 58.7 Å². The van der Waals surface area contributed by atoms with Crippen LogP contribution in [-0.2, 0) is 10.8 Å². The largest absolute Gasteiger partial charge is 0.249 e. The lowest BCUT2D eigenvalue weighted by atomic mass is 10.3. The van der Waals surface area contributed by atoms with Gasteiger partial charge in [0.05, 0.1) is 20.6 Å². The van der Waals surface area contributed by atoms with Crippen LogP contribution in [0.15, 0.2) is 132 Å². The summed E-state index contributed by atoms with van der Waals surface area (Å²) >= 11 is 8.97. The van der Waals surface area contributed by atoms with Crippen LogP contribution < -0.4 is 0 Å². The van der Waals surface area contributed by atoms with Gasteiger partial charge in [0.2, 0.25) is 0 Å². The van der Waals surface area contributed by atoms with Crippen LogP contribution in [0.4, 0.5) is 0 Å². The van der Waals surface area contributed by atoms with E-state index in [9.17, 15) is 4.21 Å². The summed E-state index contributed by atoms with van der Waals surface area (Å²) in [5.74, 6) is 0. The maximum atomic E-state index is 14.0. The van der Waals surface area contributed by atoms with E-state index in [1.54, 1.807) is 35.3 Å². The van der Waals surface area contributed by atoms with Crippen molar-refractivity contribution in [3.8, 4) is 0 Å². The van der Waals surface area contributed by atoms with E-state index in [-0.39, 0.29) is 0 Å². The van der Waals surface area contributed by atoms with Gasteiger partial charge in [-0.05, 0) is 48.5 Å². The zero-order valence-corrected chi connectivity index (χ0v) is 20.7. The summed E-state index contributed by atoms with van der Waals surface area (Å²) in [6.07, 6.45) is 0. The Balaban J connectivity index is 1.55. The quantitative estimate of drug-likeness (QED) is 0.203. The maximum Gasteiger partial charge on any atom is 0.0895 e. The molecule has 3 aliphatic heterocycles. The number of hydrogen-bond acceptors (Lipinski definition) is 6. The van der Waals surface area contributed by atoms with Gasteiger partial charge in [-0.3, -0.25) is 0 Å². The zero-order chi connectivity index (χ0) is 20.5. The molecule has 4 aromatic carbocycles. The van der Waals surface area contributed by atoms with E-state index in [4.69, 9.17) is 0 Å². The Bertz CT molecular complexity index is 1340. The molecule has 0 unspecified atom stereocenters. The predicted octanol–water partition coefficient (Wildman–Crippen LogP) is 8.55. The van der Waals surface area contributed by atoms with E-state index in [0.717, 1.165) is 29.4 Å². The van der Waals surface area contributed by atoms with Gasteiger partial charge in [0, 0.05) is 49.0 Å². The van der Waals surface area contributed by atoms with E-state index in [1.165, 1.54) is 29.4 Å². The van der Waals surface area contributed by atoms with E-state index in [1.807, 2.05) is 23.5 Å². The first-order chi connectivity index (χ1) is 15.3. The van der Waals surface area contributed by atoms with Crippen LogP contribution in [-0.4, -0.2) is 4.21 Å². The summed E-state index contributed by atoms with van der Waals surface area (Å²) in [5, 5.41) is 0. The van der Waals surface area contributed by atoms with Crippen molar-refractivity contribution in [2.75, 3.05) is 0 Å². The van der Waals surface area contributed by atoms with Crippen molar-refractivity contribution in [2.24, 2.45) is 0 Å². The molecule has 3 heterocycles. The average molecular weight is 509 g/mol. The summed E-state index contributed by atoms with van der Waals surface area (Å²) in [6.45, 7) is 0. The third-order valence-corrected chi connectivity index (χ3v) is 13.6. The van der Waals surface area contributed by atoms with Gasteiger partial charge in [-0.1, -0.05) is 83.1 Å². The fourth-order valence-corrected chi connectivity index (χ4v) is 12.4. The zero-order valence-electron chi connectivity index (χ0n) is 15.8. The van der Waals surface area contributed by atoms with Gasteiger partial charge >= 0.3 is 0 Å². The van der Waals surface area contributed by atoms with Crippen LogP contribution in [0.5, 0.6) is 0 Å². The molecule has 0 saturated carbocycles. The molecule has 0 aromatic heterocycles. The molecular formula is C24H12OS6. The summed E-state index contributed by atoms with van der Waals surface area (Å²) in [5.41, 5.74) is 0. The lowest BCUT2D eigenvalue weighted by molar-refractivity contribution is 0.675. The van der Waals surface area contributed by atoms with E-state index in [0.29, 0.717) is 0 Å². The molecular weight excluding hydrogens is 497 g/mol. The van der Waals surface area contributed by atoms with E-state index < -0.39 is 10.8 Å². The minimum atomic E-state index is -1.21. The number of benzene rings is 4. The third-order valence-electron chi connectivity index (χ3n) is 5.23. The fourth-order valence-electron chi connectivity index (χ4n) is 3.87. The Morgan fingerprint density at radius 1 is 0.419 bits per heavy atom. The second-order valence-electron chi connectivity index (χ2n) is 7.11. The van der Waals surface area contributed by atoms with Crippen LogP contribution >= 0.6 is 58.8 Å². The van der Waals surface area contributed by atoms with Crippen molar-refractivity contribution in [3.63, 3.8) is 0 Å². The summed E-state index contributed by atoms with van der Waals surface area (Å²) < 4.78 is 14.0. The van der Waals surface area contributed by atoms with Crippen LogP contribution in [0.2, 0.25) is 0 Å². The first kappa shape index (κ1) is 19.3. The molecule has 3 aliphatic rings. The molecule has 0 saturated heterocycles. The Morgan fingerprint density at radius 3 is 1.10 bits per heavy atom. The standard InChI is InChI=1S/C24H12OS6/c25-31-23-17-9-3-11-19(23)29-20-12-4-10-18(24(20)31)28-16-8-2-6-14-22(16)30-21-13(26-14)5-1-7-15(21)27-17/h1-12H. The van der Waals surface area contributed by atoms with Gasteiger partial charge in [0.25, 0.3) is 0 Å². The highest BCUT2D eigenvalue weighted by Crippen LogP contribution is 2.58. The van der Waals surface area contributed by atoms with Crippen molar-refractivity contribution >= 4 is 69.6 Å². The summed E-state index contributed by atoms with van der Waals surface area (Å²) in [6, 6.07) is 25.7. The van der Waals surface area contributed by atoms with Crippen LogP contribution in [0.1, 0.15) is 0 Å². The van der Waals surface area contributed by atoms with Crippen LogP contribution in [0.3, 0.4) is 0 Å². The highest BCUT2D eigenvalue weighted by Gasteiger charge is 2.31. The molecule has 0 fully saturated rings. The lowest BCUT2D eigenvalue weighted by Crippen LogP contribution is -2.06. The molecule has 7 rings (SSSR count). The molecule has 1 nitrogen and oxygen atoms in total. The molecule has 7 heteroatoms. The Morgan fingerprint density at radius 2 is 0.710 bits per heavy atom. The Labute approximate surface area is 204 Å². The number of rotatable bonds is 0. The van der Waals surface area contributed by atoms with E-state index in [2.05, 4.69) is 72.8 Å². The first-order valence-electron chi connectivity index (χ1n) is 9.59. The fraction of sp³-hybridized carbons (Fsp3) is 0. The molecule has 0 amide bonds. The second kappa shape index (κ2) is 7.40. The molecule has 0 atom stereocenters. The van der Waals surface area contributed by atoms with Gasteiger partial charge < -0.3 is 0 Å². The molecule has 31 heavy (non-hydrogen) atoms. The molecule has 0 spiro atoms. The Kier molecular flexibility index (Phi) is 4.60. The third kappa shape index (κ3) is 3.01. The van der Waals surface area contributed by atoms with Crippen molar-refractivity contribution in [1.29, 1.82) is 0 Å². The van der Waals surface area contributed by atoms with Gasteiger partial charge in [0.15, 0.2) is 0 Å². The summed E-state index contributed by atoms with van der Waals surface area (Å²) in [4.78, 5) is 14.0. The second-order valence-corrected chi connectivity index (χ2v) is 13.8. The number of hydrogen-bond donors (Lipinski definition) is 0. The minimum absolute atomic E-state index is 0.957. The summed E-state index contributed by atoms with van der Waals surface area (Å²) in [7, 11) is -1.21. The van der Waals surface area contributed by atoms with Gasteiger partial charge in [-0.2, -0.15) is 0 Å². The first-order valence-corrected chi connectivity index (χ1v) is 14.8. The molecule has 0 aliphatic carbocycles. The maximum absolute atomic E-state index is 14.0. The van der Waals surface area contributed by atoms with Gasteiger partial charge in [-0.15, -0.1) is 0 Å². The molecule has 0 N–H and O–H groups in total. The lowest BCUT2D eigenvalue weighted by Gasteiger charge is -2.26. The molecule has 4 aromatic rings. The highest BCUT2D eigenvalue weighted by molar-refractivity contribution is 8.07. The minimum Gasteiger partial charge on any atom is -0.249 e. The topological polar surface area (TPSA) is 17.1 Å². The van der Waals surface area contributed by atoms with Crippen LogP contribution in [0.25, 0.3) is 0 Å². The molecule has 150 valence electrons.